The van der Waals surface area contributed by atoms with Crippen LogP contribution in [0, 0.1) is 18.3 Å². The van der Waals surface area contributed by atoms with E-state index in [-0.39, 0.29) is 10.3 Å². The Bertz CT molecular complexity index is 1300. The summed E-state index contributed by atoms with van der Waals surface area (Å²) in [5.74, 6) is 4.07. The average molecular weight is 439 g/mol. The Morgan fingerprint density at radius 3 is 2.58 bits per heavy atom. The highest BCUT2D eigenvalue weighted by Gasteiger charge is 2.22. The van der Waals surface area contributed by atoms with Gasteiger partial charge >= 0.3 is 0 Å². The van der Waals surface area contributed by atoms with Crippen LogP contribution in [0.1, 0.15) is 19.3 Å². The summed E-state index contributed by atoms with van der Waals surface area (Å²) in [6.45, 7) is 1.55. The molecule has 1 aliphatic rings. The number of nitrogens with zero attached hydrogens (tertiary/aromatic N) is 4. The molecule has 10 heteroatoms. The van der Waals surface area contributed by atoms with E-state index in [1.807, 2.05) is 0 Å². The number of aromatic amines is 1. The first-order chi connectivity index (χ1) is 14.8. The summed E-state index contributed by atoms with van der Waals surface area (Å²) in [5.41, 5.74) is 0.615. The molecule has 2 N–H and O–H groups in total. The van der Waals surface area contributed by atoms with Crippen LogP contribution in [0.2, 0.25) is 0 Å². The Balaban J connectivity index is 1.69. The Labute approximate surface area is 179 Å². The van der Waals surface area contributed by atoms with Gasteiger partial charge in [0.25, 0.3) is 5.56 Å². The quantitative estimate of drug-likeness (QED) is 0.581. The third-order valence-corrected chi connectivity index (χ3v) is 6.48. The summed E-state index contributed by atoms with van der Waals surface area (Å²) in [6.07, 6.45) is 10.8. The van der Waals surface area contributed by atoms with E-state index in [0.29, 0.717) is 28.9 Å². The van der Waals surface area contributed by atoms with E-state index in [1.54, 1.807) is 12.1 Å². The summed E-state index contributed by atoms with van der Waals surface area (Å²) in [6, 6.07) is 6.27. The van der Waals surface area contributed by atoms with Crippen molar-refractivity contribution in [3.05, 3.63) is 40.8 Å². The number of rotatable bonds is 5. The highest BCUT2D eigenvalue weighted by molar-refractivity contribution is 7.90. The van der Waals surface area contributed by atoms with Gasteiger partial charge in [0, 0.05) is 31.5 Å². The maximum absolute atomic E-state index is 12.4. The second kappa shape index (κ2) is 8.35. The van der Waals surface area contributed by atoms with Crippen LogP contribution in [-0.4, -0.2) is 47.9 Å². The fourth-order valence-corrected chi connectivity index (χ4v) is 4.28. The monoisotopic (exact) mass is 438 g/mol. The lowest BCUT2D eigenvalue weighted by Gasteiger charge is -2.31. The lowest BCUT2D eigenvalue weighted by molar-refractivity contribution is 0.411. The molecular formula is C21H22N6O3S. The van der Waals surface area contributed by atoms with E-state index < -0.39 is 15.4 Å². The van der Waals surface area contributed by atoms with Crippen LogP contribution < -0.4 is 15.8 Å². The molecule has 9 nitrogen and oxygen atoms in total. The zero-order chi connectivity index (χ0) is 22.0. The number of hydrogen-bond donors (Lipinski definition) is 2. The summed E-state index contributed by atoms with van der Waals surface area (Å²) >= 11 is 0. The van der Waals surface area contributed by atoms with Gasteiger partial charge in [0.15, 0.2) is 9.84 Å². The van der Waals surface area contributed by atoms with Gasteiger partial charge in [0.2, 0.25) is 5.95 Å². The number of hydrogen-bond acceptors (Lipinski definition) is 8. The van der Waals surface area contributed by atoms with Crippen molar-refractivity contribution in [3.63, 3.8) is 0 Å². The van der Waals surface area contributed by atoms with Gasteiger partial charge in [-0.3, -0.25) is 4.79 Å². The minimum absolute atomic E-state index is 0.211. The number of terminal acetylenes is 1. The summed E-state index contributed by atoms with van der Waals surface area (Å²) in [5, 5.41) is 9.68. The lowest BCUT2D eigenvalue weighted by Crippen LogP contribution is -2.35. The topological polar surface area (TPSA) is 121 Å². The summed E-state index contributed by atoms with van der Waals surface area (Å²) < 4.78 is 23.4. The molecule has 4 rings (SSSR count). The molecule has 0 aliphatic carbocycles. The van der Waals surface area contributed by atoms with Crippen molar-refractivity contribution in [1.82, 2.24) is 20.2 Å². The number of anilines is 3. The number of nitrogens with one attached hydrogen (secondary N) is 2. The maximum Gasteiger partial charge on any atom is 0.277 e. The van der Waals surface area contributed by atoms with Crippen molar-refractivity contribution in [2.75, 3.05) is 29.6 Å². The fraction of sp³-hybridized carbons (Fsp3) is 0.333. The van der Waals surface area contributed by atoms with Crippen molar-refractivity contribution in [2.24, 2.45) is 5.92 Å². The first-order valence-electron chi connectivity index (χ1n) is 9.86. The Morgan fingerprint density at radius 2 is 1.94 bits per heavy atom. The highest BCUT2D eigenvalue weighted by atomic mass is 32.2. The number of benzene rings is 1. The third kappa shape index (κ3) is 4.51. The average Bonchev–Trinajstić information content (AvgIpc) is 2.74. The largest absolute Gasteiger partial charge is 0.341 e. The predicted molar refractivity (Wildman–Crippen MR) is 119 cm³/mol. The number of aromatic nitrogens is 4. The van der Waals surface area contributed by atoms with E-state index in [9.17, 15) is 13.2 Å². The van der Waals surface area contributed by atoms with E-state index in [1.165, 1.54) is 18.3 Å². The number of H-pyrrole nitrogens is 1. The number of fused-ring (bicyclic) bond motifs is 1. The van der Waals surface area contributed by atoms with E-state index >= 15 is 0 Å². The maximum atomic E-state index is 12.4. The molecule has 1 aliphatic heterocycles. The molecule has 3 heterocycles. The second-order valence-electron chi connectivity index (χ2n) is 7.59. The first kappa shape index (κ1) is 20.8. The standard InChI is InChI=1S/C21H22N6O3S/c1-3-4-14-9-11-27(12-10-14)21-24-17-13-22-26-20(28)18(17)19(25-21)23-15-5-7-16(8-6-15)31(2,29)30/h1,5-8,13-14H,4,9-12H2,2H3,(H,26,28)(H,23,24,25). The van der Waals surface area contributed by atoms with E-state index in [2.05, 4.69) is 36.3 Å². The molecular weight excluding hydrogens is 416 g/mol. The molecule has 0 amide bonds. The van der Waals surface area contributed by atoms with Gasteiger partial charge in [-0.15, -0.1) is 12.3 Å². The first-order valence-corrected chi connectivity index (χ1v) is 11.8. The van der Waals surface area contributed by atoms with Gasteiger partial charge in [-0.05, 0) is 43.0 Å². The predicted octanol–water partition coefficient (Wildman–Crippen LogP) is 2.10. The molecule has 160 valence electrons. The Morgan fingerprint density at radius 1 is 1.23 bits per heavy atom. The third-order valence-electron chi connectivity index (χ3n) is 5.35. The molecule has 2 aromatic heterocycles. The van der Waals surface area contributed by atoms with Crippen molar-refractivity contribution in [2.45, 2.75) is 24.2 Å². The van der Waals surface area contributed by atoms with Gasteiger partial charge in [0.05, 0.1) is 11.1 Å². The van der Waals surface area contributed by atoms with E-state index in [4.69, 9.17) is 6.42 Å². The molecule has 1 aromatic carbocycles. The Kier molecular flexibility index (Phi) is 5.61. The minimum atomic E-state index is -3.30. The van der Waals surface area contributed by atoms with E-state index in [0.717, 1.165) is 38.6 Å². The molecule has 0 radical (unpaired) electrons. The molecule has 0 unspecified atom stereocenters. The van der Waals surface area contributed by atoms with Crippen LogP contribution in [0.5, 0.6) is 0 Å². The molecule has 0 bridgehead atoms. The van der Waals surface area contributed by atoms with Crippen molar-refractivity contribution < 1.29 is 8.42 Å². The van der Waals surface area contributed by atoms with Gasteiger partial charge in [-0.25, -0.2) is 18.5 Å². The second-order valence-corrected chi connectivity index (χ2v) is 9.61. The summed E-state index contributed by atoms with van der Waals surface area (Å²) in [7, 11) is -3.30. The number of piperidine rings is 1. The molecule has 1 saturated heterocycles. The van der Waals surface area contributed by atoms with Crippen molar-refractivity contribution >= 4 is 38.2 Å². The van der Waals surface area contributed by atoms with Gasteiger partial charge in [-0.1, -0.05) is 0 Å². The van der Waals surface area contributed by atoms with Gasteiger partial charge < -0.3 is 10.2 Å². The Hall–Kier alpha value is -3.45. The van der Waals surface area contributed by atoms with Crippen LogP contribution in [0.15, 0.2) is 40.2 Å². The molecule has 1 fully saturated rings. The molecule has 0 spiro atoms. The number of sulfone groups is 1. The summed E-state index contributed by atoms with van der Waals surface area (Å²) in [4.78, 5) is 23.9. The highest BCUT2D eigenvalue weighted by Crippen LogP contribution is 2.27. The van der Waals surface area contributed by atoms with Crippen molar-refractivity contribution in [1.29, 1.82) is 0 Å². The van der Waals surface area contributed by atoms with Crippen LogP contribution in [0.3, 0.4) is 0 Å². The molecule has 0 saturated carbocycles. The minimum Gasteiger partial charge on any atom is -0.341 e. The normalized spacial score (nSPS) is 15.0. The molecule has 3 aromatic rings. The molecule has 0 atom stereocenters. The van der Waals surface area contributed by atoms with Gasteiger partial charge in [-0.2, -0.15) is 10.1 Å². The van der Waals surface area contributed by atoms with Crippen LogP contribution in [0.25, 0.3) is 10.9 Å². The zero-order valence-electron chi connectivity index (χ0n) is 17.0. The van der Waals surface area contributed by atoms with Crippen molar-refractivity contribution in [3.8, 4) is 12.3 Å². The van der Waals surface area contributed by atoms with Crippen LogP contribution >= 0.6 is 0 Å². The fourth-order valence-electron chi connectivity index (χ4n) is 3.65. The van der Waals surface area contributed by atoms with Gasteiger partial charge in [0.1, 0.15) is 16.7 Å². The van der Waals surface area contributed by atoms with Crippen LogP contribution in [-0.2, 0) is 9.84 Å². The molecule has 31 heavy (non-hydrogen) atoms. The zero-order valence-corrected chi connectivity index (χ0v) is 17.8. The van der Waals surface area contributed by atoms with Crippen LogP contribution in [0.4, 0.5) is 17.5 Å². The smallest absolute Gasteiger partial charge is 0.277 e. The SMILES string of the molecule is C#CCC1CCN(c2nc(Nc3ccc(S(C)(=O)=O)cc3)c3c(=O)[nH]ncc3n2)CC1. The lowest BCUT2D eigenvalue weighted by atomic mass is 9.94.